The van der Waals surface area contributed by atoms with Gasteiger partial charge in [0.25, 0.3) is 0 Å². The highest BCUT2D eigenvalue weighted by atomic mass is 32.2. The quantitative estimate of drug-likeness (QED) is 0.822. The summed E-state index contributed by atoms with van der Waals surface area (Å²) in [5.74, 6) is -0.741. The van der Waals surface area contributed by atoms with Crippen molar-refractivity contribution in [3.8, 4) is 0 Å². The fraction of sp³-hybridized carbons (Fsp3) is 0.538. The normalized spacial score (nSPS) is 13.7. The Labute approximate surface area is 119 Å². The molecule has 0 spiro atoms. The number of nitrogens with one attached hydrogen (secondary N) is 1. The van der Waals surface area contributed by atoms with E-state index in [2.05, 4.69) is 5.32 Å². The highest BCUT2D eigenvalue weighted by Crippen LogP contribution is 2.21. The molecule has 0 bridgehead atoms. The molecular weight excluding hydrogens is 283 g/mol. The first-order chi connectivity index (χ1) is 9.34. The van der Waals surface area contributed by atoms with E-state index < -0.39 is 15.8 Å². The Hall–Kier alpha value is -1.02. The molecule has 0 saturated heterocycles. The lowest BCUT2D eigenvalue weighted by Crippen LogP contribution is -2.38. The van der Waals surface area contributed by atoms with Crippen molar-refractivity contribution in [1.82, 2.24) is 9.62 Å². The highest BCUT2D eigenvalue weighted by molar-refractivity contribution is 7.89. The van der Waals surface area contributed by atoms with Gasteiger partial charge in [0.15, 0.2) is 0 Å². The summed E-state index contributed by atoms with van der Waals surface area (Å²) in [7, 11) is 0.781. The van der Waals surface area contributed by atoms with E-state index in [0.717, 1.165) is 4.31 Å². The smallest absolute Gasteiger partial charge is 0.246 e. The van der Waals surface area contributed by atoms with Crippen LogP contribution in [0.3, 0.4) is 0 Å². The van der Waals surface area contributed by atoms with Crippen LogP contribution in [0.2, 0.25) is 0 Å². The van der Waals surface area contributed by atoms with Crippen LogP contribution in [0.15, 0.2) is 23.1 Å². The van der Waals surface area contributed by atoms with Gasteiger partial charge in [0, 0.05) is 26.7 Å². The van der Waals surface area contributed by atoms with Crippen molar-refractivity contribution in [3.05, 3.63) is 29.6 Å². The summed E-state index contributed by atoms with van der Waals surface area (Å²) >= 11 is 0. The van der Waals surface area contributed by atoms with Crippen molar-refractivity contribution in [2.75, 3.05) is 27.8 Å². The number of hydrogen-bond donors (Lipinski definition) is 1. The number of halogens is 1. The van der Waals surface area contributed by atoms with E-state index in [1.54, 1.807) is 20.0 Å². The van der Waals surface area contributed by atoms with Gasteiger partial charge in [0.2, 0.25) is 10.0 Å². The molecule has 1 unspecified atom stereocenters. The molecule has 20 heavy (non-hydrogen) atoms. The molecule has 0 fully saturated rings. The number of benzene rings is 1. The van der Waals surface area contributed by atoms with Crippen LogP contribution in [0.4, 0.5) is 4.39 Å². The maximum Gasteiger partial charge on any atom is 0.246 e. The summed E-state index contributed by atoms with van der Waals surface area (Å²) in [6.07, 6.45) is 0. The number of likely N-dealkylation sites (N-methyl/N-ethyl adjacent to an activating group) is 1. The van der Waals surface area contributed by atoms with E-state index in [0.29, 0.717) is 12.1 Å². The molecule has 0 saturated carbocycles. The lowest BCUT2D eigenvalue weighted by atomic mass is 10.2. The van der Waals surface area contributed by atoms with Crippen molar-refractivity contribution < 1.29 is 17.5 Å². The van der Waals surface area contributed by atoms with Crippen molar-refractivity contribution in [2.45, 2.75) is 24.4 Å². The predicted octanol–water partition coefficient (Wildman–Crippen LogP) is 1.20. The zero-order chi connectivity index (χ0) is 15.3. The fourth-order valence-corrected chi connectivity index (χ4v) is 3.20. The number of methoxy groups -OCH3 is 1. The largest absolute Gasteiger partial charge is 0.383 e. The second-order valence-corrected chi connectivity index (χ2v) is 6.59. The molecule has 0 aromatic heterocycles. The van der Waals surface area contributed by atoms with Crippen molar-refractivity contribution in [2.24, 2.45) is 0 Å². The summed E-state index contributed by atoms with van der Waals surface area (Å²) in [5.41, 5.74) is 0.691. The number of hydrogen-bond acceptors (Lipinski definition) is 4. The minimum atomic E-state index is -3.86. The molecule has 0 aliphatic carbocycles. The van der Waals surface area contributed by atoms with Gasteiger partial charge in [-0.1, -0.05) is 6.07 Å². The van der Waals surface area contributed by atoms with Crippen molar-refractivity contribution in [3.63, 3.8) is 0 Å². The van der Waals surface area contributed by atoms with Crippen LogP contribution < -0.4 is 5.32 Å². The van der Waals surface area contributed by atoms with Gasteiger partial charge >= 0.3 is 0 Å². The zero-order valence-corrected chi connectivity index (χ0v) is 13.0. The van der Waals surface area contributed by atoms with Crippen molar-refractivity contribution >= 4 is 10.0 Å². The van der Waals surface area contributed by atoms with Gasteiger partial charge < -0.3 is 10.1 Å². The summed E-state index contributed by atoms with van der Waals surface area (Å²) in [6, 6.07) is 3.76. The van der Waals surface area contributed by atoms with E-state index in [4.69, 9.17) is 4.74 Å². The Morgan fingerprint density at radius 3 is 2.60 bits per heavy atom. The number of rotatable bonds is 7. The molecule has 1 N–H and O–H groups in total. The monoisotopic (exact) mass is 304 g/mol. The van der Waals surface area contributed by atoms with Crippen LogP contribution in [0, 0.1) is 5.82 Å². The Kier molecular flexibility index (Phi) is 6.07. The number of sulfonamides is 1. The molecule has 0 aliphatic rings. The highest BCUT2D eigenvalue weighted by Gasteiger charge is 2.28. The Morgan fingerprint density at radius 1 is 1.45 bits per heavy atom. The van der Waals surface area contributed by atoms with Gasteiger partial charge in [0.1, 0.15) is 10.7 Å². The van der Waals surface area contributed by atoms with Gasteiger partial charge in [0.05, 0.1) is 6.61 Å². The van der Waals surface area contributed by atoms with Gasteiger partial charge in [-0.15, -0.1) is 0 Å². The Morgan fingerprint density at radius 2 is 2.10 bits per heavy atom. The minimum absolute atomic E-state index is 0.245. The van der Waals surface area contributed by atoms with Gasteiger partial charge in [-0.05, 0) is 31.7 Å². The average Bonchev–Trinajstić information content (AvgIpc) is 2.38. The third-order valence-electron chi connectivity index (χ3n) is 3.06. The van der Waals surface area contributed by atoms with Gasteiger partial charge in [-0.25, -0.2) is 12.8 Å². The van der Waals surface area contributed by atoms with E-state index >= 15 is 0 Å². The van der Waals surface area contributed by atoms with E-state index in [9.17, 15) is 12.8 Å². The first-order valence-electron chi connectivity index (χ1n) is 6.24. The molecule has 114 valence electrons. The lowest BCUT2D eigenvalue weighted by molar-refractivity contribution is 0.149. The summed E-state index contributed by atoms with van der Waals surface area (Å²) in [4.78, 5) is -0.317. The standard InChI is InChI=1S/C13H21FN2O3S/c1-10(9-19-4)16(3)20(17,18)13-6-5-11(8-15-2)7-12(13)14/h5-7,10,15H,8-9H2,1-4H3. The third-order valence-corrected chi connectivity index (χ3v) is 5.07. The topological polar surface area (TPSA) is 58.6 Å². The zero-order valence-electron chi connectivity index (χ0n) is 12.2. The summed E-state index contributed by atoms with van der Waals surface area (Å²) in [5, 5.41) is 2.88. The molecule has 1 rings (SSSR count). The average molecular weight is 304 g/mol. The van der Waals surface area contributed by atoms with Gasteiger partial charge in [-0.2, -0.15) is 4.31 Å². The molecule has 5 nitrogen and oxygen atoms in total. The van der Waals surface area contributed by atoms with Crippen LogP contribution in [-0.2, 0) is 21.3 Å². The number of ether oxygens (including phenoxy) is 1. The first-order valence-corrected chi connectivity index (χ1v) is 7.68. The second kappa shape index (κ2) is 7.12. The summed E-state index contributed by atoms with van der Waals surface area (Å²) < 4.78 is 44.8. The minimum Gasteiger partial charge on any atom is -0.383 e. The second-order valence-electron chi connectivity index (χ2n) is 4.62. The molecule has 0 heterocycles. The van der Waals surface area contributed by atoms with Crippen molar-refractivity contribution in [1.29, 1.82) is 0 Å². The van der Waals surface area contributed by atoms with Crippen LogP contribution >= 0.6 is 0 Å². The van der Waals surface area contributed by atoms with E-state index in [-0.39, 0.29) is 17.5 Å². The molecule has 0 radical (unpaired) electrons. The predicted molar refractivity (Wildman–Crippen MR) is 75.5 cm³/mol. The third kappa shape index (κ3) is 3.76. The first kappa shape index (κ1) is 17.0. The van der Waals surface area contributed by atoms with Crippen LogP contribution in [0.25, 0.3) is 0 Å². The molecule has 0 amide bonds. The van der Waals surface area contributed by atoms with Crippen LogP contribution in [0.5, 0.6) is 0 Å². The fourth-order valence-electron chi connectivity index (χ4n) is 1.81. The molecular formula is C13H21FN2O3S. The van der Waals surface area contributed by atoms with Crippen LogP contribution in [-0.4, -0.2) is 46.6 Å². The molecule has 1 atom stereocenters. The van der Waals surface area contributed by atoms with E-state index in [1.807, 2.05) is 0 Å². The Bertz CT molecular complexity index is 549. The maximum absolute atomic E-state index is 14.0. The van der Waals surface area contributed by atoms with Crippen LogP contribution in [0.1, 0.15) is 12.5 Å². The molecule has 1 aromatic rings. The SMILES string of the molecule is CNCc1ccc(S(=O)(=O)N(C)C(C)COC)c(F)c1. The molecule has 1 aromatic carbocycles. The summed E-state index contributed by atoms with van der Waals surface area (Å²) in [6.45, 7) is 2.43. The molecule has 0 aliphatic heterocycles. The lowest BCUT2D eigenvalue weighted by Gasteiger charge is -2.24. The maximum atomic E-state index is 14.0. The van der Waals surface area contributed by atoms with Gasteiger partial charge in [-0.3, -0.25) is 0 Å². The number of nitrogens with zero attached hydrogens (tertiary/aromatic N) is 1. The van der Waals surface area contributed by atoms with E-state index in [1.165, 1.54) is 26.3 Å². The Balaban J connectivity index is 3.09. The molecule has 7 heteroatoms.